The third kappa shape index (κ3) is 5.22. The second kappa shape index (κ2) is 9.50. The standard InChI is InChI=1S/C21H32ClN7/c1-16-6-7-18(22)12-19(16)28-8-10-29(11-9-28)21(23-2)24-14-20(26(3)4)17-13-25-27(5)15-17/h6-7,12-13,15,20H,8-11,14H2,1-5H3,(H,23,24). The molecule has 1 aromatic heterocycles. The smallest absolute Gasteiger partial charge is 0.193 e. The van der Waals surface area contributed by atoms with Gasteiger partial charge in [-0.3, -0.25) is 9.67 Å². The van der Waals surface area contributed by atoms with Gasteiger partial charge in [0.25, 0.3) is 0 Å². The number of aliphatic imine (C=N–C) groups is 1. The van der Waals surface area contributed by atoms with E-state index in [0.717, 1.165) is 43.7 Å². The summed E-state index contributed by atoms with van der Waals surface area (Å²) in [6.07, 6.45) is 4.00. The van der Waals surface area contributed by atoms with Crippen LogP contribution in [0.4, 0.5) is 5.69 Å². The number of aryl methyl sites for hydroxylation is 2. The molecule has 0 bridgehead atoms. The van der Waals surface area contributed by atoms with E-state index in [1.54, 1.807) is 0 Å². The van der Waals surface area contributed by atoms with Gasteiger partial charge in [0.15, 0.2) is 5.96 Å². The average molecular weight is 418 g/mol. The van der Waals surface area contributed by atoms with Gasteiger partial charge in [-0.15, -0.1) is 0 Å². The summed E-state index contributed by atoms with van der Waals surface area (Å²) in [5.41, 5.74) is 3.68. The van der Waals surface area contributed by atoms with E-state index in [1.165, 1.54) is 16.8 Å². The molecule has 29 heavy (non-hydrogen) atoms. The molecule has 0 amide bonds. The van der Waals surface area contributed by atoms with Crippen LogP contribution < -0.4 is 10.2 Å². The molecule has 7 nitrogen and oxygen atoms in total. The van der Waals surface area contributed by atoms with E-state index in [0.29, 0.717) is 0 Å². The topological polar surface area (TPSA) is 51.9 Å². The first-order valence-corrected chi connectivity index (χ1v) is 10.4. The van der Waals surface area contributed by atoms with Crippen molar-refractivity contribution in [1.29, 1.82) is 0 Å². The summed E-state index contributed by atoms with van der Waals surface area (Å²) in [5.74, 6) is 0.947. The van der Waals surface area contributed by atoms with Crippen molar-refractivity contribution in [3.63, 3.8) is 0 Å². The summed E-state index contributed by atoms with van der Waals surface area (Å²) in [6.45, 7) is 6.65. The molecule has 2 heterocycles. The quantitative estimate of drug-likeness (QED) is 0.598. The van der Waals surface area contributed by atoms with Crippen LogP contribution in [0.25, 0.3) is 0 Å². The fourth-order valence-corrected chi connectivity index (χ4v) is 3.98. The number of nitrogens with zero attached hydrogens (tertiary/aromatic N) is 6. The molecule has 0 saturated carbocycles. The molecule has 1 N–H and O–H groups in total. The Kier molecular flexibility index (Phi) is 7.03. The molecule has 1 aliphatic rings. The molecule has 1 unspecified atom stereocenters. The first-order chi connectivity index (χ1) is 13.9. The minimum atomic E-state index is 0.232. The molecule has 1 atom stereocenters. The highest BCUT2D eigenvalue weighted by Gasteiger charge is 2.22. The number of guanidine groups is 1. The van der Waals surface area contributed by atoms with Crippen molar-refractivity contribution in [2.24, 2.45) is 12.0 Å². The molecule has 158 valence electrons. The van der Waals surface area contributed by atoms with E-state index < -0.39 is 0 Å². The molecule has 1 fully saturated rings. The van der Waals surface area contributed by atoms with Crippen molar-refractivity contribution in [3.8, 4) is 0 Å². The van der Waals surface area contributed by atoms with Crippen LogP contribution in [0.15, 0.2) is 35.6 Å². The van der Waals surface area contributed by atoms with Crippen molar-refractivity contribution in [2.75, 3.05) is 58.8 Å². The van der Waals surface area contributed by atoms with E-state index in [-0.39, 0.29) is 6.04 Å². The van der Waals surface area contributed by atoms with Crippen LogP contribution in [0, 0.1) is 6.92 Å². The monoisotopic (exact) mass is 417 g/mol. The third-order valence-electron chi connectivity index (χ3n) is 5.49. The lowest BCUT2D eigenvalue weighted by Crippen LogP contribution is -2.53. The van der Waals surface area contributed by atoms with E-state index in [9.17, 15) is 0 Å². The maximum Gasteiger partial charge on any atom is 0.193 e. The van der Waals surface area contributed by atoms with Gasteiger partial charge in [-0.2, -0.15) is 5.10 Å². The van der Waals surface area contributed by atoms with E-state index >= 15 is 0 Å². The number of rotatable bonds is 5. The Morgan fingerprint density at radius 1 is 1.28 bits per heavy atom. The molecule has 0 spiro atoms. The van der Waals surface area contributed by atoms with Crippen LogP contribution >= 0.6 is 11.6 Å². The lowest BCUT2D eigenvalue weighted by Gasteiger charge is -2.38. The second-order valence-corrected chi connectivity index (χ2v) is 8.20. The Morgan fingerprint density at radius 3 is 2.59 bits per heavy atom. The van der Waals surface area contributed by atoms with Crippen molar-refractivity contribution in [2.45, 2.75) is 13.0 Å². The molecular formula is C21H32ClN7. The largest absolute Gasteiger partial charge is 0.368 e. The Morgan fingerprint density at radius 2 is 2.00 bits per heavy atom. The van der Waals surface area contributed by atoms with Gasteiger partial charge in [-0.25, -0.2) is 0 Å². The summed E-state index contributed by atoms with van der Waals surface area (Å²) in [4.78, 5) is 11.5. The van der Waals surface area contributed by atoms with Crippen LogP contribution in [0.3, 0.4) is 0 Å². The SMILES string of the molecule is CN=C(NCC(c1cnn(C)c1)N(C)C)N1CCN(c2cc(Cl)ccc2C)CC1. The lowest BCUT2D eigenvalue weighted by atomic mass is 10.1. The predicted molar refractivity (Wildman–Crippen MR) is 121 cm³/mol. The maximum absolute atomic E-state index is 6.21. The van der Waals surface area contributed by atoms with Gasteiger partial charge in [-0.1, -0.05) is 17.7 Å². The minimum Gasteiger partial charge on any atom is -0.368 e. The van der Waals surface area contributed by atoms with Crippen LogP contribution in [-0.2, 0) is 7.05 Å². The number of piperazine rings is 1. The molecule has 0 radical (unpaired) electrons. The van der Waals surface area contributed by atoms with Gasteiger partial charge in [0, 0.05) is 69.3 Å². The zero-order valence-corrected chi connectivity index (χ0v) is 18.8. The molecule has 2 aromatic rings. The van der Waals surface area contributed by atoms with Crippen molar-refractivity contribution in [1.82, 2.24) is 24.9 Å². The number of hydrogen-bond acceptors (Lipinski definition) is 4. The van der Waals surface area contributed by atoms with Gasteiger partial charge in [0.05, 0.1) is 12.2 Å². The number of anilines is 1. The molecule has 1 saturated heterocycles. The lowest BCUT2D eigenvalue weighted by molar-refractivity contribution is 0.292. The Labute approximate surface area is 178 Å². The molecule has 1 aromatic carbocycles. The second-order valence-electron chi connectivity index (χ2n) is 7.76. The summed E-state index contributed by atoms with van der Waals surface area (Å²) in [5, 5.41) is 8.66. The Bertz CT molecular complexity index is 837. The van der Waals surface area contributed by atoms with Crippen LogP contribution in [-0.4, -0.2) is 79.4 Å². The average Bonchev–Trinajstić information content (AvgIpc) is 3.13. The van der Waals surface area contributed by atoms with Gasteiger partial charge in [0.2, 0.25) is 0 Å². The molecule has 0 aliphatic carbocycles. The third-order valence-corrected chi connectivity index (χ3v) is 5.72. The van der Waals surface area contributed by atoms with Gasteiger partial charge in [0.1, 0.15) is 0 Å². The van der Waals surface area contributed by atoms with Crippen molar-refractivity contribution < 1.29 is 0 Å². The van der Waals surface area contributed by atoms with E-state index in [1.807, 2.05) is 31.0 Å². The van der Waals surface area contributed by atoms with Gasteiger partial charge < -0.3 is 20.0 Å². The number of nitrogens with one attached hydrogen (secondary N) is 1. The highest BCUT2D eigenvalue weighted by Crippen LogP contribution is 2.25. The number of halogens is 1. The number of benzene rings is 1. The van der Waals surface area contributed by atoms with Crippen molar-refractivity contribution in [3.05, 3.63) is 46.7 Å². The Hall–Kier alpha value is -2.25. The number of aromatic nitrogens is 2. The summed E-state index contributed by atoms with van der Waals surface area (Å²) in [7, 11) is 7.98. The fraction of sp³-hybridized carbons (Fsp3) is 0.524. The van der Waals surface area contributed by atoms with E-state index in [4.69, 9.17) is 11.6 Å². The van der Waals surface area contributed by atoms with Gasteiger partial charge in [-0.05, 0) is 38.7 Å². The summed E-state index contributed by atoms with van der Waals surface area (Å²) >= 11 is 6.21. The summed E-state index contributed by atoms with van der Waals surface area (Å²) < 4.78 is 1.84. The zero-order valence-electron chi connectivity index (χ0n) is 18.1. The number of hydrogen-bond donors (Lipinski definition) is 1. The predicted octanol–water partition coefficient (Wildman–Crippen LogP) is 2.38. The van der Waals surface area contributed by atoms with E-state index in [2.05, 4.69) is 69.5 Å². The van der Waals surface area contributed by atoms with Crippen LogP contribution in [0.2, 0.25) is 5.02 Å². The molecular weight excluding hydrogens is 386 g/mol. The first-order valence-electron chi connectivity index (χ1n) is 10.0. The summed E-state index contributed by atoms with van der Waals surface area (Å²) in [6, 6.07) is 6.33. The Balaban J connectivity index is 1.59. The normalized spacial score (nSPS) is 16.4. The first kappa shape index (κ1) is 21.5. The zero-order chi connectivity index (χ0) is 21.0. The van der Waals surface area contributed by atoms with Crippen LogP contribution in [0.5, 0.6) is 0 Å². The van der Waals surface area contributed by atoms with Crippen LogP contribution in [0.1, 0.15) is 17.2 Å². The molecule has 8 heteroatoms. The molecule has 3 rings (SSSR count). The fourth-order valence-electron chi connectivity index (χ4n) is 3.81. The van der Waals surface area contributed by atoms with Gasteiger partial charge >= 0.3 is 0 Å². The molecule has 1 aliphatic heterocycles. The van der Waals surface area contributed by atoms with Crippen molar-refractivity contribution >= 4 is 23.2 Å². The number of likely N-dealkylation sites (N-methyl/N-ethyl adjacent to an activating group) is 1. The maximum atomic E-state index is 6.21. The highest BCUT2D eigenvalue weighted by atomic mass is 35.5. The highest BCUT2D eigenvalue weighted by molar-refractivity contribution is 6.30. The minimum absolute atomic E-state index is 0.232.